The number of anilines is 1. The topological polar surface area (TPSA) is 108 Å². The minimum absolute atomic E-state index is 0.0962. The number of aryl methyl sites for hydroxylation is 3. The van der Waals surface area contributed by atoms with Gasteiger partial charge in [0.25, 0.3) is 5.91 Å². The highest BCUT2D eigenvalue weighted by Crippen LogP contribution is 2.29. The van der Waals surface area contributed by atoms with Crippen LogP contribution in [0.2, 0.25) is 0 Å². The molecule has 0 aromatic heterocycles. The molecule has 8 nitrogen and oxygen atoms in total. The summed E-state index contributed by atoms with van der Waals surface area (Å²) in [6.45, 7) is 14.3. The Morgan fingerprint density at radius 2 is 1.68 bits per heavy atom. The van der Waals surface area contributed by atoms with E-state index in [2.05, 4.69) is 10.6 Å². The maximum absolute atomic E-state index is 14.1. The number of aliphatic hydroxyl groups is 1. The largest absolute Gasteiger partial charge is 0.444 e. The van der Waals surface area contributed by atoms with Gasteiger partial charge in [-0.05, 0) is 70.2 Å². The molecule has 208 valence electrons. The number of amides is 3. The first-order valence-corrected chi connectivity index (χ1v) is 13.1. The van der Waals surface area contributed by atoms with Crippen molar-refractivity contribution in [3.63, 3.8) is 0 Å². The van der Waals surface area contributed by atoms with E-state index in [1.54, 1.807) is 26.8 Å². The van der Waals surface area contributed by atoms with Crippen molar-refractivity contribution in [3.05, 3.63) is 64.7 Å². The van der Waals surface area contributed by atoms with Crippen LogP contribution in [0, 0.1) is 26.7 Å². The van der Waals surface area contributed by atoms with Crippen LogP contribution in [-0.2, 0) is 14.3 Å². The molecule has 0 bridgehead atoms. The Hall–Kier alpha value is -3.39. The maximum Gasteiger partial charge on any atom is 0.408 e. The third-order valence-electron chi connectivity index (χ3n) is 6.47. The number of benzene rings is 2. The number of aliphatic hydroxyl groups excluding tert-OH is 1. The molecule has 2 aromatic carbocycles. The minimum atomic E-state index is -1.04. The van der Waals surface area contributed by atoms with Gasteiger partial charge in [0.2, 0.25) is 5.91 Å². The Balaban J connectivity index is 2.59. The fourth-order valence-corrected chi connectivity index (χ4v) is 4.19. The van der Waals surface area contributed by atoms with Crippen molar-refractivity contribution in [1.82, 2.24) is 10.2 Å². The van der Waals surface area contributed by atoms with Gasteiger partial charge in [0.15, 0.2) is 0 Å². The number of ether oxygens (including phenoxy) is 1. The molecule has 8 heteroatoms. The van der Waals surface area contributed by atoms with Gasteiger partial charge in [-0.2, -0.15) is 0 Å². The molecule has 0 heterocycles. The molecule has 0 saturated carbocycles. The first kappa shape index (κ1) is 30.8. The summed E-state index contributed by atoms with van der Waals surface area (Å²) in [7, 11) is 0. The van der Waals surface area contributed by atoms with Gasteiger partial charge in [-0.25, -0.2) is 4.79 Å². The van der Waals surface area contributed by atoms with E-state index in [0.717, 1.165) is 16.7 Å². The second kappa shape index (κ2) is 13.4. The number of carbonyl (C=O) groups excluding carboxylic acids is 3. The fraction of sp³-hybridized carbons (Fsp3) is 0.500. The minimum Gasteiger partial charge on any atom is -0.444 e. The van der Waals surface area contributed by atoms with Crippen LogP contribution in [0.15, 0.2) is 42.5 Å². The average molecular weight is 526 g/mol. The first-order chi connectivity index (χ1) is 17.8. The zero-order valence-electron chi connectivity index (χ0n) is 23.9. The number of alkyl carbamates (subject to hydrolysis) is 1. The molecule has 3 amide bonds. The number of nitrogens with zero attached hydrogens (tertiary/aromatic N) is 1. The van der Waals surface area contributed by atoms with Crippen LogP contribution in [-0.4, -0.2) is 52.7 Å². The summed E-state index contributed by atoms with van der Waals surface area (Å²) in [5.74, 6) is -1.13. The van der Waals surface area contributed by atoms with Crippen LogP contribution < -0.4 is 10.6 Å². The number of hydrogen-bond donors (Lipinski definition) is 3. The van der Waals surface area contributed by atoms with Gasteiger partial charge in [0.1, 0.15) is 17.7 Å². The molecule has 0 aliphatic rings. The molecule has 0 spiro atoms. The lowest BCUT2D eigenvalue weighted by molar-refractivity contribution is -0.142. The van der Waals surface area contributed by atoms with Crippen molar-refractivity contribution in [2.75, 3.05) is 18.5 Å². The number of para-hydroxylation sites is 1. The lowest BCUT2D eigenvalue weighted by Gasteiger charge is -2.36. The Morgan fingerprint density at radius 3 is 2.26 bits per heavy atom. The molecular formula is C30H43N3O5. The molecule has 0 radical (unpaired) electrons. The van der Waals surface area contributed by atoms with Crippen LogP contribution in [0.5, 0.6) is 0 Å². The van der Waals surface area contributed by atoms with E-state index in [0.29, 0.717) is 17.7 Å². The summed E-state index contributed by atoms with van der Waals surface area (Å²) in [5.41, 5.74) is 3.18. The predicted octanol–water partition coefficient (Wildman–Crippen LogP) is 5.05. The van der Waals surface area contributed by atoms with Crippen molar-refractivity contribution in [3.8, 4) is 0 Å². The molecule has 0 aliphatic heterocycles. The van der Waals surface area contributed by atoms with Crippen LogP contribution in [0.1, 0.15) is 69.3 Å². The van der Waals surface area contributed by atoms with Crippen LogP contribution in [0.25, 0.3) is 0 Å². The Bertz CT molecular complexity index is 1130. The summed E-state index contributed by atoms with van der Waals surface area (Å²) in [5, 5.41) is 15.7. The maximum atomic E-state index is 14.1. The van der Waals surface area contributed by atoms with Gasteiger partial charge in [0.05, 0.1) is 6.61 Å². The fourth-order valence-electron chi connectivity index (χ4n) is 4.19. The number of rotatable bonds is 10. The Morgan fingerprint density at radius 1 is 1.03 bits per heavy atom. The van der Waals surface area contributed by atoms with Crippen LogP contribution in [0.4, 0.5) is 10.5 Å². The van der Waals surface area contributed by atoms with E-state index < -0.39 is 35.6 Å². The molecule has 0 fully saturated rings. The second-order valence-corrected chi connectivity index (χ2v) is 10.8. The Kier molecular flexibility index (Phi) is 10.9. The zero-order valence-corrected chi connectivity index (χ0v) is 23.9. The van der Waals surface area contributed by atoms with Crippen molar-refractivity contribution in [1.29, 1.82) is 0 Å². The molecule has 3 atom stereocenters. The smallest absolute Gasteiger partial charge is 0.408 e. The third-order valence-corrected chi connectivity index (χ3v) is 6.47. The Labute approximate surface area is 226 Å². The summed E-state index contributed by atoms with van der Waals surface area (Å²) in [6.07, 6.45) is -0.115. The summed E-state index contributed by atoms with van der Waals surface area (Å²) in [4.78, 5) is 42.1. The van der Waals surface area contributed by atoms with Gasteiger partial charge in [0, 0.05) is 12.2 Å². The third kappa shape index (κ3) is 8.31. The summed E-state index contributed by atoms with van der Waals surface area (Å²) in [6, 6.07) is 11.1. The first-order valence-electron chi connectivity index (χ1n) is 13.1. The van der Waals surface area contributed by atoms with Gasteiger partial charge in [-0.15, -0.1) is 0 Å². The van der Waals surface area contributed by atoms with Gasteiger partial charge in [-0.3, -0.25) is 9.59 Å². The van der Waals surface area contributed by atoms with E-state index >= 15 is 0 Å². The van der Waals surface area contributed by atoms with E-state index in [-0.39, 0.29) is 19.1 Å². The van der Waals surface area contributed by atoms with Gasteiger partial charge < -0.3 is 25.4 Å². The molecule has 2 rings (SSSR count). The molecule has 0 saturated heterocycles. The molecule has 3 N–H and O–H groups in total. The normalized spacial score (nSPS) is 13.7. The summed E-state index contributed by atoms with van der Waals surface area (Å²) >= 11 is 0. The second-order valence-electron chi connectivity index (χ2n) is 10.8. The standard InChI is InChI=1S/C30H43N3O5/c1-9-20(3)25(32-29(37)38-30(6,7)8)28(36)33(16-17-34)26(23-18-19(2)14-15-21(23)4)27(35)31-24-13-11-10-12-22(24)5/h10-15,18,20,25-26,34H,9,16-17H2,1-8H3,(H,31,35)(H,32,37). The van der Waals surface area contributed by atoms with Crippen molar-refractivity contribution in [2.45, 2.75) is 79.5 Å². The van der Waals surface area contributed by atoms with E-state index in [9.17, 15) is 19.5 Å². The van der Waals surface area contributed by atoms with Crippen molar-refractivity contribution >= 4 is 23.6 Å². The zero-order chi connectivity index (χ0) is 28.6. The number of carbonyl (C=O) groups is 3. The molecular weight excluding hydrogens is 482 g/mol. The average Bonchev–Trinajstić information content (AvgIpc) is 2.83. The number of nitrogens with one attached hydrogen (secondary N) is 2. The monoisotopic (exact) mass is 525 g/mol. The lowest BCUT2D eigenvalue weighted by atomic mass is 9.93. The molecule has 38 heavy (non-hydrogen) atoms. The number of hydrogen-bond acceptors (Lipinski definition) is 5. The van der Waals surface area contributed by atoms with E-state index in [1.807, 2.05) is 71.0 Å². The highest BCUT2D eigenvalue weighted by molar-refractivity contribution is 5.99. The van der Waals surface area contributed by atoms with Gasteiger partial charge >= 0.3 is 6.09 Å². The van der Waals surface area contributed by atoms with Crippen molar-refractivity contribution < 1.29 is 24.2 Å². The quantitative estimate of drug-likeness (QED) is 0.402. The molecule has 2 aromatic rings. The molecule has 3 unspecified atom stereocenters. The van der Waals surface area contributed by atoms with E-state index in [4.69, 9.17) is 4.74 Å². The summed E-state index contributed by atoms with van der Waals surface area (Å²) < 4.78 is 5.42. The predicted molar refractivity (Wildman–Crippen MR) is 150 cm³/mol. The molecule has 0 aliphatic carbocycles. The van der Waals surface area contributed by atoms with Gasteiger partial charge in [-0.1, -0.05) is 62.2 Å². The lowest BCUT2D eigenvalue weighted by Crippen LogP contribution is -2.55. The highest BCUT2D eigenvalue weighted by Gasteiger charge is 2.38. The SMILES string of the molecule is CCC(C)C(NC(=O)OC(C)(C)C)C(=O)N(CCO)C(C(=O)Nc1ccccc1C)c1cc(C)ccc1C. The highest BCUT2D eigenvalue weighted by atomic mass is 16.6. The van der Waals surface area contributed by atoms with E-state index in [1.165, 1.54) is 4.90 Å². The van der Waals surface area contributed by atoms with Crippen LogP contribution >= 0.6 is 0 Å². The van der Waals surface area contributed by atoms with Crippen LogP contribution in [0.3, 0.4) is 0 Å². The van der Waals surface area contributed by atoms with Crippen molar-refractivity contribution in [2.24, 2.45) is 5.92 Å².